The quantitative estimate of drug-likeness (QED) is 0.891. The lowest BCUT2D eigenvalue weighted by Gasteiger charge is -2.14. The van der Waals surface area contributed by atoms with Crippen molar-refractivity contribution in [3.05, 3.63) is 47.9 Å². The number of nitrogens with zero attached hydrogens (tertiary/aromatic N) is 1. The molecule has 0 atom stereocenters. The van der Waals surface area contributed by atoms with Gasteiger partial charge in [0.1, 0.15) is 16.5 Å². The average Bonchev–Trinajstić information content (AvgIpc) is 2.44. The first-order valence-electron chi connectivity index (χ1n) is 6.42. The molecular formula is C14H16FN3O2S. The van der Waals surface area contributed by atoms with E-state index in [1.54, 1.807) is 13.0 Å². The summed E-state index contributed by atoms with van der Waals surface area (Å²) in [6.45, 7) is 3.99. The lowest BCUT2D eigenvalue weighted by molar-refractivity contribution is 0.598. The molecule has 0 aliphatic rings. The Labute approximate surface area is 123 Å². The molecule has 0 amide bonds. The van der Waals surface area contributed by atoms with Gasteiger partial charge in [-0.2, -0.15) is 0 Å². The van der Waals surface area contributed by atoms with Crippen molar-refractivity contribution in [3.8, 4) is 0 Å². The molecule has 0 aliphatic carbocycles. The van der Waals surface area contributed by atoms with E-state index in [1.165, 1.54) is 30.5 Å². The van der Waals surface area contributed by atoms with Gasteiger partial charge in [-0.05, 0) is 37.6 Å². The predicted octanol–water partition coefficient (Wildman–Crippen LogP) is 2.76. The van der Waals surface area contributed by atoms with E-state index in [2.05, 4.69) is 15.0 Å². The molecule has 0 saturated heterocycles. The predicted molar refractivity (Wildman–Crippen MR) is 80.3 cm³/mol. The third-order valence-electron chi connectivity index (χ3n) is 2.86. The van der Waals surface area contributed by atoms with E-state index in [-0.39, 0.29) is 16.4 Å². The van der Waals surface area contributed by atoms with Gasteiger partial charge in [-0.15, -0.1) is 0 Å². The van der Waals surface area contributed by atoms with Crippen LogP contribution in [-0.2, 0) is 10.0 Å². The number of benzene rings is 1. The summed E-state index contributed by atoms with van der Waals surface area (Å²) in [6, 6.07) is 7.30. The Balaban J connectivity index is 2.44. The second-order valence-electron chi connectivity index (χ2n) is 4.42. The van der Waals surface area contributed by atoms with Gasteiger partial charge in [0, 0.05) is 12.7 Å². The number of aryl methyl sites for hydroxylation is 1. The summed E-state index contributed by atoms with van der Waals surface area (Å²) in [6.07, 6.45) is 1.49. The summed E-state index contributed by atoms with van der Waals surface area (Å²) < 4.78 is 41.0. The first kappa shape index (κ1) is 15.2. The highest BCUT2D eigenvalue weighted by Gasteiger charge is 2.21. The smallest absolute Gasteiger partial charge is 0.265 e. The molecule has 0 saturated carbocycles. The lowest BCUT2D eigenvalue weighted by atomic mass is 10.2. The molecule has 0 fully saturated rings. The summed E-state index contributed by atoms with van der Waals surface area (Å²) in [4.78, 5) is 3.98. The summed E-state index contributed by atoms with van der Waals surface area (Å²) >= 11 is 0. The largest absolute Gasteiger partial charge is 0.369 e. The fraction of sp³-hybridized carbons (Fsp3) is 0.214. The van der Waals surface area contributed by atoms with E-state index >= 15 is 0 Å². The molecule has 2 aromatic rings. The topological polar surface area (TPSA) is 71.1 Å². The van der Waals surface area contributed by atoms with Crippen molar-refractivity contribution >= 4 is 21.5 Å². The third-order valence-corrected chi connectivity index (χ3v) is 4.24. The molecular weight excluding hydrogens is 293 g/mol. The van der Waals surface area contributed by atoms with Crippen LogP contribution in [0, 0.1) is 12.7 Å². The van der Waals surface area contributed by atoms with Crippen LogP contribution >= 0.6 is 0 Å². The Morgan fingerprint density at radius 2 is 2.00 bits per heavy atom. The number of anilines is 2. The normalized spacial score (nSPS) is 11.2. The molecule has 0 spiro atoms. The second-order valence-corrected chi connectivity index (χ2v) is 6.07. The Morgan fingerprint density at radius 3 is 2.67 bits per heavy atom. The van der Waals surface area contributed by atoms with Crippen molar-refractivity contribution < 1.29 is 12.8 Å². The van der Waals surface area contributed by atoms with Gasteiger partial charge >= 0.3 is 0 Å². The highest BCUT2D eigenvalue weighted by atomic mass is 32.2. The molecule has 0 unspecified atom stereocenters. The number of hydrogen-bond acceptors (Lipinski definition) is 4. The van der Waals surface area contributed by atoms with E-state index in [0.717, 1.165) is 0 Å². The van der Waals surface area contributed by atoms with Crippen molar-refractivity contribution in [1.29, 1.82) is 0 Å². The van der Waals surface area contributed by atoms with Crippen molar-refractivity contribution in [2.75, 3.05) is 16.6 Å². The summed E-state index contributed by atoms with van der Waals surface area (Å²) in [7, 11) is -3.93. The zero-order valence-corrected chi connectivity index (χ0v) is 12.5. The zero-order valence-electron chi connectivity index (χ0n) is 11.7. The average molecular weight is 309 g/mol. The van der Waals surface area contributed by atoms with Crippen LogP contribution in [0.5, 0.6) is 0 Å². The summed E-state index contributed by atoms with van der Waals surface area (Å²) in [5.41, 5.74) is 0.455. The van der Waals surface area contributed by atoms with E-state index in [0.29, 0.717) is 12.1 Å². The molecule has 2 rings (SSSR count). The number of pyridine rings is 1. The Bertz CT molecular complexity index is 727. The molecule has 2 N–H and O–H groups in total. The van der Waals surface area contributed by atoms with Crippen LogP contribution in [-0.4, -0.2) is 19.9 Å². The molecule has 1 aromatic heterocycles. The van der Waals surface area contributed by atoms with Gasteiger partial charge in [-0.1, -0.05) is 12.1 Å². The van der Waals surface area contributed by atoms with Crippen molar-refractivity contribution in [1.82, 2.24) is 4.98 Å². The molecule has 0 aliphatic heterocycles. The number of nitrogens with one attached hydrogen (secondary N) is 2. The molecule has 21 heavy (non-hydrogen) atoms. The van der Waals surface area contributed by atoms with E-state index in [4.69, 9.17) is 0 Å². The van der Waals surface area contributed by atoms with Gasteiger partial charge in [0.2, 0.25) is 0 Å². The highest BCUT2D eigenvalue weighted by molar-refractivity contribution is 7.92. The number of halogens is 1. The van der Waals surface area contributed by atoms with Crippen LogP contribution in [0.1, 0.15) is 12.5 Å². The van der Waals surface area contributed by atoms with Gasteiger partial charge < -0.3 is 5.32 Å². The van der Waals surface area contributed by atoms with E-state index in [9.17, 15) is 12.8 Å². The number of rotatable bonds is 5. The van der Waals surface area contributed by atoms with Crippen LogP contribution in [0.2, 0.25) is 0 Å². The Hall–Kier alpha value is -2.15. The summed E-state index contributed by atoms with van der Waals surface area (Å²) in [5.74, 6) is -0.381. The van der Waals surface area contributed by atoms with Crippen LogP contribution in [0.3, 0.4) is 0 Å². The minimum absolute atomic E-state index is 0.0190. The minimum Gasteiger partial charge on any atom is -0.369 e. The van der Waals surface area contributed by atoms with Gasteiger partial charge in [0.15, 0.2) is 0 Å². The first-order chi connectivity index (χ1) is 9.95. The molecule has 0 bridgehead atoms. The fourth-order valence-corrected chi connectivity index (χ4v) is 3.13. The van der Waals surface area contributed by atoms with Gasteiger partial charge in [-0.25, -0.2) is 17.8 Å². The lowest BCUT2D eigenvalue weighted by Crippen LogP contribution is -2.17. The number of hydrogen-bond donors (Lipinski definition) is 2. The molecule has 7 heteroatoms. The van der Waals surface area contributed by atoms with Crippen molar-refractivity contribution in [2.24, 2.45) is 0 Å². The van der Waals surface area contributed by atoms with Gasteiger partial charge in [0.25, 0.3) is 10.0 Å². The van der Waals surface area contributed by atoms with E-state index in [1.807, 2.05) is 6.92 Å². The monoisotopic (exact) mass is 309 g/mol. The maximum absolute atomic E-state index is 13.8. The van der Waals surface area contributed by atoms with E-state index < -0.39 is 15.8 Å². The SMILES string of the molecule is CCNc1ncccc1S(=O)(=O)Nc1c(C)cccc1F. The Morgan fingerprint density at radius 1 is 1.24 bits per heavy atom. The standard InChI is InChI=1S/C14H16FN3O2S/c1-3-16-14-12(8-5-9-17-14)21(19,20)18-13-10(2)6-4-7-11(13)15/h4-9,18H,3H2,1-2H3,(H,16,17). The molecule has 112 valence electrons. The number of aromatic nitrogens is 1. The van der Waals surface area contributed by atoms with Crippen LogP contribution in [0.15, 0.2) is 41.4 Å². The maximum atomic E-state index is 13.8. The van der Waals surface area contributed by atoms with Crippen molar-refractivity contribution in [2.45, 2.75) is 18.7 Å². The third kappa shape index (κ3) is 3.30. The van der Waals surface area contributed by atoms with Gasteiger partial charge in [0.05, 0.1) is 5.69 Å². The van der Waals surface area contributed by atoms with Crippen LogP contribution < -0.4 is 10.0 Å². The Kier molecular flexibility index (Phi) is 4.42. The molecule has 5 nitrogen and oxygen atoms in total. The van der Waals surface area contributed by atoms with Crippen LogP contribution in [0.4, 0.5) is 15.9 Å². The highest BCUT2D eigenvalue weighted by Crippen LogP contribution is 2.25. The molecule has 0 radical (unpaired) electrons. The number of sulfonamides is 1. The zero-order chi connectivity index (χ0) is 15.5. The summed E-state index contributed by atoms with van der Waals surface area (Å²) in [5, 5.41) is 2.87. The molecule has 1 heterocycles. The fourth-order valence-electron chi connectivity index (χ4n) is 1.86. The van der Waals surface area contributed by atoms with Gasteiger partial charge in [-0.3, -0.25) is 4.72 Å². The maximum Gasteiger partial charge on any atom is 0.265 e. The van der Waals surface area contributed by atoms with Crippen molar-refractivity contribution in [3.63, 3.8) is 0 Å². The number of para-hydroxylation sites is 1. The minimum atomic E-state index is -3.93. The first-order valence-corrected chi connectivity index (χ1v) is 7.91. The van der Waals surface area contributed by atoms with Crippen LogP contribution in [0.25, 0.3) is 0 Å². The molecule has 1 aromatic carbocycles. The second kappa shape index (κ2) is 6.09.